The van der Waals surface area contributed by atoms with Gasteiger partial charge in [0, 0.05) is 12.8 Å². The number of hydrogen-bond acceptors (Lipinski definition) is 6. The van der Waals surface area contributed by atoms with Crippen LogP contribution in [0.15, 0.2) is 0 Å². The average Bonchev–Trinajstić information content (AvgIpc) is 3.07. The highest BCUT2D eigenvalue weighted by molar-refractivity contribution is 7.46. The van der Waals surface area contributed by atoms with Gasteiger partial charge >= 0.3 is 19.8 Å². The van der Waals surface area contributed by atoms with Crippen LogP contribution in [0.5, 0.6) is 0 Å². The predicted octanol–water partition coefficient (Wildman–Crippen LogP) is 12.7. The fourth-order valence-electron chi connectivity index (χ4n) is 6.38. The third-order valence-electron chi connectivity index (χ3n) is 9.55. The molecular weight excluding hydrogens is 651 g/mol. The molecule has 0 aliphatic rings. The fourth-order valence-corrected chi connectivity index (χ4v) is 6.74. The van der Waals surface area contributed by atoms with E-state index in [9.17, 15) is 14.2 Å². The van der Waals surface area contributed by atoms with Gasteiger partial charge in [0.15, 0.2) is 6.10 Å². The van der Waals surface area contributed by atoms with Crippen LogP contribution in [0.2, 0.25) is 0 Å². The molecule has 9 heteroatoms. The second-order valence-corrected chi connectivity index (χ2v) is 16.4. The second kappa shape index (κ2) is 36.4. The lowest BCUT2D eigenvalue weighted by molar-refractivity contribution is -0.161. The van der Waals surface area contributed by atoms with Gasteiger partial charge in [-0.3, -0.25) is 14.1 Å². The lowest BCUT2D eigenvalue weighted by atomic mass is 10.0. The van der Waals surface area contributed by atoms with Crippen molar-refractivity contribution in [2.75, 3.05) is 13.2 Å². The number of esters is 2. The summed E-state index contributed by atoms with van der Waals surface area (Å²) in [5.41, 5.74) is 0. The molecule has 0 unspecified atom stereocenters. The van der Waals surface area contributed by atoms with Crippen LogP contribution in [0.4, 0.5) is 0 Å². The van der Waals surface area contributed by atoms with E-state index in [1.54, 1.807) is 0 Å². The zero-order valence-electron chi connectivity index (χ0n) is 33.0. The molecule has 0 rings (SSSR count). The van der Waals surface area contributed by atoms with Crippen molar-refractivity contribution in [1.82, 2.24) is 0 Å². The van der Waals surface area contributed by atoms with E-state index >= 15 is 0 Å². The first-order valence-corrected chi connectivity index (χ1v) is 22.7. The molecule has 0 bridgehead atoms. The monoisotopic (exact) mass is 733 g/mol. The van der Waals surface area contributed by atoms with E-state index in [0.717, 1.165) is 44.4 Å². The van der Waals surface area contributed by atoms with Crippen molar-refractivity contribution in [1.29, 1.82) is 0 Å². The van der Waals surface area contributed by atoms with Gasteiger partial charge in [-0.2, -0.15) is 0 Å². The zero-order chi connectivity index (χ0) is 37.0. The van der Waals surface area contributed by atoms with Crippen LogP contribution in [0.3, 0.4) is 0 Å². The largest absolute Gasteiger partial charge is 0.469 e. The molecule has 0 aromatic carbocycles. The summed E-state index contributed by atoms with van der Waals surface area (Å²) >= 11 is 0. The van der Waals surface area contributed by atoms with Gasteiger partial charge in [0.2, 0.25) is 0 Å². The normalized spacial score (nSPS) is 12.4. The zero-order valence-corrected chi connectivity index (χ0v) is 33.9. The molecule has 0 saturated carbocycles. The molecule has 2 N–H and O–H groups in total. The van der Waals surface area contributed by atoms with Gasteiger partial charge in [0.1, 0.15) is 6.61 Å². The summed E-state index contributed by atoms with van der Waals surface area (Å²) < 4.78 is 26.4. The third-order valence-corrected chi connectivity index (χ3v) is 10.0. The fraction of sp³-hybridized carbons (Fsp3) is 0.951. The molecule has 0 aliphatic carbocycles. The van der Waals surface area contributed by atoms with E-state index in [2.05, 4.69) is 25.3 Å². The standard InChI is InChI=1S/C41H81O8P/c1-4-5-6-7-8-9-10-11-12-13-14-15-19-22-25-28-31-34-40(42)47-36-39(37-48-50(44,45)46)49-41(43)35-32-29-26-23-20-17-16-18-21-24-27-30-33-38(2)3/h38-39H,4-37H2,1-3H3,(H2,44,45,46)/t39-/m1/s1. The number of unbranched alkanes of at least 4 members (excludes halogenated alkanes) is 27. The summed E-state index contributed by atoms with van der Waals surface area (Å²) in [5, 5.41) is 0. The van der Waals surface area contributed by atoms with Crippen molar-refractivity contribution >= 4 is 19.8 Å². The summed E-state index contributed by atoms with van der Waals surface area (Å²) in [4.78, 5) is 42.8. The molecule has 0 amide bonds. The van der Waals surface area contributed by atoms with Crippen LogP contribution in [-0.2, 0) is 28.2 Å². The number of carbonyl (C=O) groups excluding carboxylic acids is 2. The molecule has 298 valence electrons. The molecule has 8 nitrogen and oxygen atoms in total. The predicted molar refractivity (Wildman–Crippen MR) is 207 cm³/mol. The van der Waals surface area contributed by atoms with Crippen LogP contribution < -0.4 is 0 Å². The maximum absolute atomic E-state index is 12.4. The summed E-state index contributed by atoms with van der Waals surface area (Å²) in [6, 6.07) is 0. The van der Waals surface area contributed by atoms with Gasteiger partial charge in [-0.1, -0.05) is 201 Å². The highest BCUT2D eigenvalue weighted by atomic mass is 31.2. The van der Waals surface area contributed by atoms with E-state index in [1.807, 2.05) is 0 Å². The number of ether oxygens (including phenoxy) is 2. The maximum atomic E-state index is 12.4. The molecule has 50 heavy (non-hydrogen) atoms. The Balaban J connectivity index is 3.86. The summed E-state index contributed by atoms with van der Waals surface area (Å²) in [5.74, 6) is -0.0519. The van der Waals surface area contributed by atoms with Crippen molar-refractivity contribution in [2.24, 2.45) is 5.92 Å². The Kier molecular flexibility index (Phi) is 35.7. The number of hydrogen-bond donors (Lipinski definition) is 2. The van der Waals surface area contributed by atoms with Crippen molar-refractivity contribution < 1.29 is 37.9 Å². The quantitative estimate of drug-likeness (QED) is 0.0364. The molecule has 0 heterocycles. The summed E-state index contributed by atoms with van der Waals surface area (Å²) in [7, 11) is -4.75. The Bertz CT molecular complexity index is 799. The summed E-state index contributed by atoms with van der Waals surface area (Å²) in [6.07, 6.45) is 36.8. The highest BCUT2D eigenvalue weighted by Gasteiger charge is 2.23. The number of phosphoric ester groups is 1. The molecule has 0 spiro atoms. The number of rotatable bonds is 39. The molecular formula is C41H81O8P. The van der Waals surface area contributed by atoms with Gasteiger partial charge < -0.3 is 19.3 Å². The number of phosphoric acid groups is 1. The molecule has 0 radical (unpaired) electrons. The Morgan fingerprint density at radius 3 is 1.20 bits per heavy atom. The lowest BCUT2D eigenvalue weighted by Crippen LogP contribution is -2.29. The Morgan fingerprint density at radius 1 is 0.500 bits per heavy atom. The van der Waals surface area contributed by atoms with E-state index in [-0.39, 0.29) is 19.4 Å². The van der Waals surface area contributed by atoms with Crippen molar-refractivity contribution in [2.45, 2.75) is 232 Å². The summed E-state index contributed by atoms with van der Waals surface area (Å²) in [6.45, 7) is 6.04. The topological polar surface area (TPSA) is 119 Å². The Morgan fingerprint density at radius 2 is 0.840 bits per heavy atom. The maximum Gasteiger partial charge on any atom is 0.469 e. The lowest BCUT2D eigenvalue weighted by Gasteiger charge is -2.18. The van der Waals surface area contributed by atoms with Crippen LogP contribution >= 0.6 is 7.82 Å². The minimum atomic E-state index is -4.75. The number of carbonyl (C=O) groups is 2. The molecule has 0 aromatic heterocycles. The van der Waals surface area contributed by atoms with Gasteiger partial charge in [-0.05, 0) is 18.8 Å². The first-order valence-electron chi connectivity index (χ1n) is 21.2. The third kappa shape index (κ3) is 39.8. The van der Waals surface area contributed by atoms with E-state index < -0.39 is 32.5 Å². The SMILES string of the molecule is CCCCCCCCCCCCCCCCCCCC(=O)OC[C@H](COP(=O)(O)O)OC(=O)CCCCCCCCCCCCCCC(C)C. The smallest absolute Gasteiger partial charge is 0.462 e. The van der Waals surface area contributed by atoms with Gasteiger partial charge in [0.05, 0.1) is 6.61 Å². The first kappa shape index (κ1) is 49.0. The first-order chi connectivity index (χ1) is 24.1. The molecule has 0 aliphatic heterocycles. The van der Waals surface area contributed by atoms with Crippen molar-refractivity contribution in [3.8, 4) is 0 Å². The Hall–Kier alpha value is -0.950. The van der Waals surface area contributed by atoms with E-state index in [4.69, 9.17) is 19.3 Å². The van der Waals surface area contributed by atoms with Gasteiger partial charge in [-0.15, -0.1) is 0 Å². The van der Waals surface area contributed by atoms with Crippen LogP contribution in [0.25, 0.3) is 0 Å². The van der Waals surface area contributed by atoms with Gasteiger partial charge in [-0.25, -0.2) is 4.57 Å². The van der Waals surface area contributed by atoms with Crippen LogP contribution in [0.1, 0.15) is 226 Å². The second-order valence-electron chi connectivity index (χ2n) is 15.2. The minimum absolute atomic E-state index is 0.219. The highest BCUT2D eigenvalue weighted by Crippen LogP contribution is 2.36. The van der Waals surface area contributed by atoms with E-state index in [1.165, 1.54) is 148 Å². The molecule has 0 aromatic rings. The molecule has 0 fully saturated rings. The molecule has 1 atom stereocenters. The van der Waals surface area contributed by atoms with Crippen molar-refractivity contribution in [3.05, 3.63) is 0 Å². The van der Waals surface area contributed by atoms with E-state index in [0.29, 0.717) is 6.42 Å². The Labute approximate surface area is 308 Å². The van der Waals surface area contributed by atoms with Gasteiger partial charge in [0.25, 0.3) is 0 Å². The van der Waals surface area contributed by atoms with Crippen LogP contribution in [0, 0.1) is 5.92 Å². The average molecular weight is 733 g/mol. The molecule has 0 saturated heterocycles. The van der Waals surface area contributed by atoms with Crippen molar-refractivity contribution in [3.63, 3.8) is 0 Å². The van der Waals surface area contributed by atoms with Crippen LogP contribution in [-0.4, -0.2) is 41.0 Å². The minimum Gasteiger partial charge on any atom is -0.462 e.